The Morgan fingerprint density at radius 2 is 0.537 bits per heavy atom. The van der Waals surface area contributed by atoms with Crippen LogP contribution in [0.4, 0.5) is 0 Å². The zero-order valence-corrected chi connectivity index (χ0v) is 41.0. The van der Waals surface area contributed by atoms with Gasteiger partial charge in [-0.3, -0.25) is 0 Å². The van der Waals surface area contributed by atoms with Gasteiger partial charge in [0.1, 0.15) is 0 Å². The molecule has 0 aliphatic rings. The zero-order valence-electron chi connectivity index (χ0n) is 39.3. The molecule has 0 spiro atoms. The van der Waals surface area contributed by atoms with Crippen molar-refractivity contribution in [3.8, 4) is 0 Å². The van der Waals surface area contributed by atoms with Gasteiger partial charge in [0, 0.05) is 0 Å². The van der Waals surface area contributed by atoms with E-state index < -0.39 is 5.96 Å². The van der Waals surface area contributed by atoms with Crippen LogP contribution in [0, 0.1) is 5.92 Å². The Kier molecular flexibility index (Phi) is 38.5. The summed E-state index contributed by atoms with van der Waals surface area (Å²) in [7, 11) is 0. The number of hydrogen-bond donors (Lipinski definition) is 0. The first-order valence-electron chi connectivity index (χ1n) is 26.1. The average Bonchev–Trinajstić information content (AvgIpc) is 3.18. The second kappa shape index (κ2) is 38.0. The summed E-state index contributed by atoms with van der Waals surface area (Å²) < 4.78 is 0. The van der Waals surface area contributed by atoms with Crippen LogP contribution in [0.1, 0.15) is 305 Å². The molecule has 2 heteroatoms. The monoisotopic (exact) mass is 799 g/mol. The Labute approximate surface area is 350 Å². The molecule has 1 atom stereocenters. The first-order valence-corrected chi connectivity index (χ1v) is 29.8. The summed E-state index contributed by atoms with van der Waals surface area (Å²) in [4.78, 5) is 0. The van der Waals surface area contributed by atoms with E-state index in [2.05, 4.69) is 48.5 Å². The summed E-state index contributed by atoms with van der Waals surface area (Å²) in [6, 6.07) is 0. The van der Waals surface area contributed by atoms with Crippen molar-refractivity contribution in [3.63, 3.8) is 0 Å². The van der Waals surface area contributed by atoms with Crippen molar-refractivity contribution in [2.75, 3.05) is 18.5 Å². The SMILES string of the molecule is CCCCCCCCCCP(Cl)(CCCCCCCCCC)(CCCCCCCCCC)C(CCCC)(CCCC)C(CCCC)CCCCCCCC. The van der Waals surface area contributed by atoms with Crippen molar-refractivity contribution in [2.45, 2.75) is 310 Å². The molecule has 0 rings (SSSR count). The van der Waals surface area contributed by atoms with E-state index in [9.17, 15) is 11.2 Å². The van der Waals surface area contributed by atoms with E-state index in [0.29, 0.717) is 5.16 Å². The van der Waals surface area contributed by atoms with E-state index in [1.54, 1.807) is 0 Å². The molecule has 0 fully saturated rings. The van der Waals surface area contributed by atoms with Crippen LogP contribution in [0.15, 0.2) is 0 Å². The van der Waals surface area contributed by atoms with Crippen LogP contribution in [0.5, 0.6) is 0 Å². The van der Waals surface area contributed by atoms with Crippen LogP contribution < -0.4 is 0 Å². The zero-order chi connectivity index (χ0) is 39.9. The molecule has 0 aromatic rings. The number of halogens is 1. The van der Waals surface area contributed by atoms with Crippen molar-refractivity contribution in [1.29, 1.82) is 0 Å². The summed E-state index contributed by atoms with van der Waals surface area (Å²) in [6.07, 6.45) is 61.1. The van der Waals surface area contributed by atoms with Crippen molar-refractivity contribution >= 4 is 17.2 Å². The Balaban J connectivity index is 6.89. The molecule has 0 heterocycles. The van der Waals surface area contributed by atoms with Gasteiger partial charge in [0.15, 0.2) is 0 Å². The van der Waals surface area contributed by atoms with Crippen LogP contribution in [-0.4, -0.2) is 23.6 Å². The summed E-state index contributed by atoms with van der Waals surface area (Å²) in [5.41, 5.74) is 0. The first kappa shape index (κ1) is 54.7. The van der Waals surface area contributed by atoms with Crippen LogP contribution in [0.2, 0.25) is 0 Å². The number of hydrogen-bond acceptors (Lipinski definition) is 0. The standard InChI is InChI=1S/C52H108ClP/c1-8-15-22-26-30-33-37-41-48-54(53,49-42-38-34-31-27-23-16-9-2,50-43-39-35-32-28-24-17-10-3)52(46-20-13-6,47-21-14-7)51(44-19-12-5)45-40-36-29-25-18-11-4/h51H,8-50H2,1-7H3. The molecule has 0 saturated heterocycles. The van der Waals surface area contributed by atoms with Gasteiger partial charge in [0.25, 0.3) is 0 Å². The molecule has 54 heavy (non-hydrogen) atoms. The van der Waals surface area contributed by atoms with Gasteiger partial charge in [0.2, 0.25) is 0 Å². The third-order valence-corrected chi connectivity index (χ3v) is 23.8. The molecule has 0 radical (unpaired) electrons. The normalized spacial score (nSPS) is 13.7. The fraction of sp³-hybridized carbons (Fsp3) is 1.00. The van der Waals surface area contributed by atoms with Gasteiger partial charge < -0.3 is 0 Å². The Bertz CT molecular complexity index is 686. The van der Waals surface area contributed by atoms with E-state index in [1.807, 2.05) is 0 Å². The van der Waals surface area contributed by atoms with Crippen molar-refractivity contribution in [2.24, 2.45) is 5.92 Å². The Hall–Kier alpha value is 0.720. The van der Waals surface area contributed by atoms with Crippen LogP contribution in [-0.2, 0) is 0 Å². The van der Waals surface area contributed by atoms with Gasteiger partial charge >= 0.3 is 352 Å². The van der Waals surface area contributed by atoms with Crippen molar-refractivity contribution in [3.05, 3.63) is 0 Å². The molecule has 0 nitrogen and oxygen atoms in total. The van der Waals surface area contributed by atoms with Gasteiger partial charge in [-0.15, -0.1) is 0 Å². The number of rotatable bonds is 45. The van der Waals surface area contributed by atoms with Gasteiger partial charge in [-0.2, -0.15) is 0 Å². The summed E-state index contributed by atoms with van der Waals surface area (Å²) >= 11 is 9.32. The Morgan fingerprint density at radius 3 is 0.833 bits per heavy atom. The third kappa shape index (κ3) is 24.0. The average molecular weight is 800 g/mol. The van der Waals surface area contributed by atoms with E-state index >= 15 is 0 Å². The molecular weight excluding hydrogens is 691 g/mol. The molecule has 1 unspecified atom stereocenters. The molecule has 328 valence electrons. The minimum atomic E-state index is -2.65. The Morgan fingerprint density at radius 1 is 0.296 bits per heavy atom. The second-order valence-corrected chi connectivity index (χ2v) is 27.0. The van der Waals surface area contributed by atoms with Gasteiger partial charge in [-0.25, -0.2) is 0 Å². The van der Waals surface area contributed by atoms with E-state index in [-0.39, 0.29) is 0 Å². The van der Waals surface area contributed by atoms with Crippen molar-refractivity contribution in [1.82, 2.24) is 0 Å². The van der Waals surface area contributed by atoms with Crippen LogP contribution >= 0.6 is 17.2 Å². The number of unbranched alkanes of at least 4 members (excludes halogenated alkanes) is 29. The summed E-state index contributed by atoms with van der Waals surface area (Å²) in [5.74, 6) is -1.81. The van der Waals surface area contributed by atoms with E-state index in [1.165, 1.54) is 275 Å². The fourth-order valence-electron chi connectivity index (χ4n) is 10.6. The molecular formula is C52H108ClP. The van der Waals surface area contributed by atoms with Crippen LogP contribution in [0.3, 0.4) is 0 Å². The quantitative estimate of drug-likeness (QED) is 0.0425. The molecule has 0 bridgehead atoms. The predicted molar refractivity (Wildman–Crippen MR) is 258 cm³/mol. The summed E-state index contributed by atoms with van der Waals surface area (Å²) in [5, 5.41) is 0.390. The van der Waals surface area contributed by atoms with Gasteiger partial charge in [-0.1, -0.05) is 0 Å². The molecule has 0 aromatic carbocycles. The first-order chi connectivity index (χ1) is 26.4. The third-order valence-electron chi connectivity index (χ3n) is 14.2. The van der Waals surface area contributed by atoms with E-state index in [4.69, 9.17) is 0 Å². The molecule has 0 saturated carbocycles. The molecule has 0 aromatic heterocycles. The van der Waals surface area contributed by atoms with E-state index in [0.717, 1.165) is 5.92 Å². The molecule has 0 aliphatic heterocycles. The van der Waals surface area contributed by atoms with Crippen molar-refractivity contribution < 1.29 is 0 Å². The maximum absolute atomic E-state index is 9.32. The molecule has 0 aliphatic carbocycles. The fourth-order valence-corrected chi connectivity index (χ4v) is 20.1. The van der Waals surface area contributed by atoms with Crippen LogP contribution in [0.25, 0.3) is 0 Å². The summed E-state index contributed by atoms with van der Waals surface area (Å²) in [6.45, 7) is 16.9. The minimum absolute atomic E-state index is 0.390. The molecule has 0 amide bonds. The predicted octanol–water partition coefficient (Wildman–Crippen LogP) is 20.8. The maximum atomic E-state index is 9.32. The van der Waals surface area contributed by atoms with Gasteiger partial charge in [-0.05, 0) is 0 Å². The molecule has 0 N–H and O–H groups in total. The topological polar surface area (TPSA) is 0 Å². The van der Waals surface area contributed by atoms with Gasteiger partial charge in [0.05, 0.1) is 0 Å². The second-order valence-electron chi connectivity index (χ2n) is 18.9.